The van der Waals surface area contributed by atoms with Crippen molar-refractivity contribution in [2.24, 2.45) is 5.92 Å². The zero-order valence-electron chi connectivity index (χ0n) is 14.6. The van der Waals surface area contributed by atoms with Crippen molar-refractivity contribution in [3.8, 4) is 5.75 Å². The molecule has 1 fully saturated rings. The number of hydrogen-bond donors (Lipinski definition) is 2. The van der Waals surface area contributed by atoms with Crippen molar-refractivity contribution in [1.82, 2.24) is 10.2 Å². The van der Waals surface area contributed by atoms with Crippen molar-refractivity contribution in [3.05, 3.63) is 52.2 Å². The molecule has 1 saturated heterocycles. The van der Waals surface area contributed by atoms with Crippen LogP contribution < -0.4 is 5.32 Å². The smallest absolute Gasteiger partial charge is 0.224 e. The van der Waals surface area contributed by atoms with E-state index in [0.29, 0.717) is 13.0 Å². The van der Waals surface area contributed by atoms with E-state index in [1.54, 1.807) is 35.6 Å². The molecule has 1 unspecified atom stereocenters. The molecular formula is C20H26N2O2S. The van der Waals surface area contributed by atoms with E-state index in [0.717, 1.165) is 24.6 Å². The average Bonchev–Trinajstić information content (AvgIpc) is 3.13. The summed E-state index contributed by atoms with van der Waals surface area (Å²) in [6, 6.07) is 11.3. The predicted octanol–water partition coefficient (Wildman–Crippen LogP) is 3.59. The summed E-state index contributed by atoms with van der Waals surface area (Å²) in [5, 5.41) is 14.5. The number of carbonyl (C=O) groups excluding carboxylic acids is 1. The standard InChI is InChI=1S/C20H26N2O2S/c1-15-8-10-22(11-9-15)18(19-3-2-12-25-19)14-21-20(24)13-16-4-6-17(23)7-5-16/h2-7,12,15,18,23H,8-11,13-14H2,1H3,(H,21,24). The van der Waals surface area contributed by atoms with Gasteiger partial charge in [-0.25, -0.2) is 0 Å². The average molecular weight is 359 g/mol. The molecule has 1 aromatic heterocycles. The maximum Gasteiger partial charge on any atom is 0.224 e. The number of amides is 1. The van der Waals surface area contributed by atoms with Crippen molar-refractivity contribution in [3.63, 3.8) is 0 Å². The van der Waals surface area contributed by atoms with Crippen LogP contribution in [0.4, 0.5) is 0 Å². The van der Waals surface area contributed by atoms with Gasteiger partial charge in [0.15, 0.2) is 0 Å². The first-order valence-electron chi connectivity index (χ1n) is 8.94. The third-order valence-electron chi connectivity index (χ3n) is 4.92. The van der Waals surface area contributed by atoms with Gasteiger partial charge in [0.1, 0.15) is 5.75 Å². The highest BCUT2D eigenvalue weighted by atomic mass is 32.1. The topological polar surface area (TPSA) is 52.6 Å². The molecule has 4 nitrogen and oxygen atoms in total. The number of nitrogens with zero attached hydrogens (tertiary/aromatic N) is 1. The Kier molecular flexibility index (Phi) is 6.10. The minimum absolute atomic E-state index is 0.0256. The van der Waals surface area contributed by atoms with Gasteiger partial charge in [0.05, 0.1) is 12.5 Å². The maximum absolute atomic E-state index is 12.3. The van der Waals surface area contributed by atoms with Crippen LogP contribution >= 0.6 is 11.3 Å². The lowest BCUT2D eigenvalue weighted by Gasteiger charge is -2.36. The minimum Gasteiger partial charge on any atom is -0.508 e. The third kappa shape index (κ3) is 5.06. The summed E-state index contributed by atoms with van der Waals surface area (Å²) in [6.45, 7) is 5.15. The second-order valence-electron chi connectivity index (χ2n) is 6.90. The van der Waals surface area contributed by atoms with Crippen LogP contribution in [0.1, 0.15) is 36.2 Å². The van der Waals surface area contributed by atoms with E-state index in [2.05, 4.69) is 34.7 Å². The van der Waals surface area contributed by atoms with Crippen LogP contribution in [-0.4, -0.2) is 35.5 Å². The minimum atomic E-state index is 0.0256. The molecule has 0 spiro atoms. The molecule has 3 rings (SSSR count). The zero-order valence-corrected chi connectivity index (χ0v) is 15.5. The fourth-order valence-electron chi connectivity index (χ4n) is 3.30. The molecule has 2 N–H and O–H groups in total. The Morgan fingerprint density at radius 3 is 2.64 bits per heavy atom. The summed E-state index contributed by atoms with van der Waals surface area (Å²) in [6.07, 6.45) is 2.79. The van der Waals surface area contributed by atoms with Gasteiger partial charge in [-0.15, -0.1) is 11.3 Å². The highest BCUT2D eigenvalue weighted by Gasteiger charge is 2.25. The quantitative estimate of drug-likeness (QED) is 0.830. The normalized spacial score (nSPS) is 17.3. The zero-order chi connectivity index (χ0) is 17.6. The van der Waals surface area contributed by atoms with Gasteiger partial charge < -0.3 is 10.4 Å². The van der Waals surface area contributed by atoms with Crippen LogP contribution in [0.25, 0.3) is 0 Å². The van der Waals surface area contributed by atoms with Crippen LogP contribution in [0.2, 0.25) is 0 Å². The Morgan fingerprint density at radius 2 is 2.00 bits per heavy atom. The first-order chi connectivity index (χ1) is 12.1. The van der Waals surface area contributed by atoms with E-state index in [1.165, 1.54) is 17.7 Å². The number of phenols is 1. The van der Waals surface area contributed by atoms with Crippen molar-refractivity contribution < 1.29 is 9.90 Å². The van der Waals surface area contributed by atoms with Gasteiger partial charge in [-0.05, 0) is 61.0 Å². The van der Waals surface area contributed by atoms with E-state index < -0.39 is 0 Å². The van der Waals surface area contributed by atoms with Gasteiger partial charge in [-0.2, -0.15) is 0 Å². The number of phenolic OH excluding ortho intramolecular Hbond substituents is 1. The van der Waals surface area contributed by atoms with E-state index in [9.17, 15) is 9.90 Å². The van der Waals surface area contributed by atoms with Gasteiger partial charge in [-0.1, -0.05) is 25.1 Å². The molecule has 1 aromatic carbocycles. The van der Waals surface area contributed by atoms with Crippen molar-refractivity contribution in [2.45, 2.75) is 32.2 Å². The summed E-state index contributed by atoms with van der Waals surface area (Å²) < 4.78 is 0. The molecule has 0 aliphatic carbocycles. The van der Waals surface area contributed by atoms with Crippen LogP contribution in [-0.2, 0) is 11.2 Å². The fourth-order valence-corrected chi connectivity index (χ4v) is 4.16. The van der Waals surface area contributed by atoms with E-state index in [4.69, 9.17) is 0 Å². The summed E-state index contributed by atoms with van der Waals surface area (Å²) in [7, 11) is 0. The largest absolute Gasteiger partial charge is 0.508 e. The van der Waals surface area contributed by atoms with Crippen LogP contribution in [0.5, 0.6) is 5.75 Å². The number of hydrogen-bond acceptors (Lipinski definition) is 4. The highest BCUT2D eigenvalue weighted by molar-refractivity contribution is 7.10. The number of nitrogens with one attached hydrogen (secondary N) is 1. The molecule has 1 amide bonds. The second kappa shape index (κ2) is 8.50. The van der Waals surface area contributed by atoms with E-state index >= 15 is 0 Å². The van der Waals surface area contributed by atoms with Gasteiger partial charge in [-0.3, -0.25) is 9.69 Å². The van der Waals surface area contributed by atoms with Crippen molar-refractivity contribution in [1.29, 1.82) is 0 Å². The lowest BCUT2D eigenvalue weighted by atomic mass is 9.97. The van der Waals surface area contributed by atoms with E-state index in [1.807, 2.05) is 0 Å². The van der Waals surface area contributed by atoms with Gasteiger partial charge in [0.2, 0.25) is 5.91 Å². The number of benzene rings is 1. The summed E-state index contributed by atoms with van der Waals surface area (Å²) in [5.74, 6) is 1.04. The van der Waals surface area contributed by atoms with E-state index in [-0.39, 0.29) is 17.7 Å². The lowest BCUT2D eigenvalue weighted by Crippen LogP contribution is -2.41. The Bertz CT molecular complexity index is 662. The molecule has 0 radical (unpaired) electrons. The third-order valence-corrected chi connectivity index (χ3v) is 5.90. The molecule has 2 aromatic rings. The van der Waals surface area contributed by atoms with Gasteiger partial charge in [0, 0.05) is 11.4 Å². The number of rotatable bonds is 6. The molecular weight excluding hydrogens is 332 g/mol. The number of carbonyl (C=O) groups is 1. The summed E-state index contributed by atoms with van der Waals surface area (Å²) in [5.41, 5.74) is 0.912. The summed E-state index contributed by atoms with van der Waals surface area (Å²) >= 11 is 1.76. The van der Waals surface area contributed by atoms with Gasteiger partial charge >= 0.3 is 0 Å². The highest BCUT2D eigenvalue weighted by Crippen LogP contribution is 2.29. The van der Waals surface area contributed by atoms with Crippen LogP contribution in [0.3, 0.4) is 0 Å². The maximum atomic E-state index is 12.3. The lowest BCUT2D eigenvalue weighted by molar-refractivity contribution is -0.120. The Balaban J connectivity index is 1.58. The van der Waals surface area contributed by atoms with Crippen LogP contribution in [0.15, 0.2) is 41.8 Å². The van der Waals surface area contributed by atoms with Gasteiger partial charge in [0.25, 0.3) is 0 Å². The number of piperidine rings is 1. The number of likely N-dealkylation sites (tertiary alicyclic amines) is 1. The Labute approximate surface area is 153 Å². The van der Waals surface area contributed by atoms with Crippen molar-refractivity contribution in [2.75, 3.05) is 19.6 Å². The molecule has 1 aliphatic rings. The molecule has 25 heavy (non-hydrogen) atoms. The van der Waals surface area contributed by atoms with Crippen molar-refractivity contribution >= 4 is 17.2 Å². The summed E-state index contributed by atoms with van der Waals surface area (Å²) in [4.78, 5) is 16.1. The monoisotopic (exact) mass is 358 g/mol. The number of aromatic hydroxyl groups is 1. The first-order valence-corrected chi connectivity index (χ1v) is 9.82. The SMILES string of the molecule is CC1CCN(C(CNC(=O)Cc2ccc(O)cc2)c2cccs2)CC1. The molecule has 2 heterocycles. The first kappa shape index (κ1) is 18.0. The molecule has 0 bridgehead atoms. The Morgan fingerprint density at radius 1 is 1.28 bits per heavy atom. The second-order valence-corrected chi connectivity index (χ2v) is 7.88. The molecule has 134 valence electrons. The van der Waals surface area contributed by atoms with Crippen LogP contribution in [0, 0.1) is 5.92 Å². The fraction of sp³-hybridized carbons (Fsp3) is 0.450. The number of thiophene rings is 1. The molecule has 5 heteroatoms. The Hall–Kier alpha value is -1.85. The molecule has 1 atom stereocenters. The predicted molar refractivity (Wildman–Crippen MR) is 102 cm³/mol. The molecule has 0 saturated carbocycles. The molecule has 1 aliphatic heterocycles.